The second kappa shape index (κ2) is 8.42. The second-order valence-electron chi connectivity index (χ2n) is 8.86. The minimum Gasteiger partial charge on any atom is -0.379 e. The van der Waals surface area contributed by atoms with Crippen LogP contribution in [0.4, 0.5) is 11.6 Å². The summed E-state index contributed by atoms with van der Waals surface area (Å²) in [6, 6.07) is 11.5. The van der Waals surface area contributed by atoms with Gasteiger partial charge in [0.15, 0.2) is 17.1 Å². The zero-order chi connectivity index (χ0) is 24.0. The highest BCUT2D eigenvalue weighted by Gasteiger charge is 2.39. The Morgan fingerprint density at radius 3 is 2.91 bits per heavy atom. The molecule has 0 atom stereocenters. The number of ether oxygens (including phenoxy) is 1. The number of rotatable bonds is 6. The molecule has 0 spiro atoms. The van der Waals surface area contributed by atoms with Gasteiger partial charge in [0.25, 0.3) is 5.56 Å². The Morgan fingerprint density at radius 1 is 1.23 bits per heavy atom. The fourth-order valence-electron chi connectivity index (χ4n) is 4.54. The monoisotopic (exact) mass is 471 g/mol. The lowest BCUT2D eigenvalue weighted by Crippen LogP contribution is -2.47. The number of fused-ring (bicyclic) bond motifs is 2. The minimum atomic E-state index is -1.13. The van der Waals surface area contributed by atoms with Crippen molar-refractivity contribution in [2.75, 3.05) is 25.1 Å². The maximum atomic E-state index is 13.2. The summed E-state index contributed by atoms with van der Waals surface area (Å²) in [5.74, 6) is 0.834. The van der Waals surface area contributed by atoms with Gasteiger partial charge >= 0.3 is 0 Å². The highest BCUT2D eigenvalue weighted by molar-refractivity contribution is 5.77. The fourth-order valence-corrected chi connectivity index (χ4v) is 4.54. The molecule has 0 unspecified atom stereocenters. The van der Waals surface area contributed by atoms with Crippen molar-refractivity contribution in [2.45, 2.75) is 25.1 Å². The highest BCUT2D eigenvalue weighted by Crippen LogP contribution is 2.29. The third-order valence-electron chi connectivity index (χ3n) is 6.44. The molecule has 1 saturated heterocycles. The van der Waals surface area contributed by atoms with Crippen LogP contribution >= 0.6 is 0 Å². The molecule has 35 heavy (non-hydrogen) atoms. The van der Waals surface area contributed by atoms with Gasteiger partial charge in [0.05, 0.1) is 25.5 Å². The fraction of sp³-hybridized carbons (Fsp3) is 0.280. The summed E-state index contributed by atoms with van der Waals surface area (Å²) < 4.78 is 8.34. The topological polar surface area (TPSA) is 119 Å². The van der Waals surface area contributed by atoms with Crippen LogP contribution in [0.15, 0.2) is 60.0 Å². The van der Waals surface area contributed by atoms with E-state index < -0.39 is 5.60 Å². The van der Waals surface area contributed by atoms with Crippen molar-refractivity contribution in [3.05, 3.63) is 82.4 Å². The van der Waals surface area contributed by atoms with Gasteiger partial charge in [-0.25, -0.2) is 19.3 Å². The van der Waals surface area contributed by atoms with Crippen LogP contribution in [-0.4, -0.2) is 49.2 Å². The van der Waals surface area contributed by atoms with Crippen molar-refractivity contribution in [1.82, 2.24) is 29.6 Å². The maximum Gasteiger partial charge on any atom is 0.278 e. The van der Waals surface area contributed by atoms with Crippen LogP contribution in [0.5, 0.6) is 0 Å². The number of anilines is 2. The molecule has 0 bridgehead atoms. The molecule has 10 nitrogen and oxygen atoms in total. The first-order chi connectivity index (χ1) is 17.1. The molecule has 3 aromatic heterocycles. The molecule has 4 aromatic rings. The standard InChI is InChI=1S/C25H25N7O3/c1-2-10-31-23(33)19-13-27-24(28-18-7-6-17-12-26-9-8-16(17)11-18)30-22(19)32(31)21-5-3-4-20(29-21)25(34)14-35-15-25/h2-7,11,13,26,34H,1,8-10,12,14-15H2,(H,27,28,30). The Kier molecular flexibility index (Phi) is 5.21. The zero-order valence-corrected chi connectivity index (χ0v) is 19.1. The van der Waals surface area contributed by atoms with Gasteiger partial charge in [-0.1, -0.05) is 18.2 Å². The summed E-state index contributed by atoms with van der Waals surface area (Å²) in [5, 5.41) is 17.7. The SMILES string of the molecule is C=CCn1c(=O)c2cnc(Nc3ccc4c(c3)CCNC4)nc2n1-c1cccc(C2(O)COC2)n1. The Labute approximate surface area is 200 Å². The van der Waals surface area contributed by atoms with E-state index in [0.29, 0.717) is 28.5 Å². The van der Waals surface area contributed by atoms with Gasteiger partial charge in [-0.05, 0) is 48.4 Å². The maximum absolute atomic E-state index is 13.2. The van der Waals surface area contributed by atoms with Crippen molar-refractivity contribution in [1.29, 1.82) is 0 Å². The lowest BCUT2D eigenvalue weighted by atomic mass is 9.97. The lowest BCUT2D eigenvalue weighted by molar-refractivity contribution is -0.186. The van der Waals surface area contributed by atoms with Crippen LogP contribution in [0.3, 0.4) is 0 Å². The Bertz CT molecular complexity index is 1500. The quantitative estimate of drug-likeness (QED) is 0.364. The first kappa shape index (κ1) is 21.7. The van der Waals surface area contributed by atoms with E-state index in [2.05, 4.69) is 39.3 Å². The normalized spacial score (nSPS) is 16.5. The van der Waals surface area contributed by atoms with Crippen molar-refractivity contribution in [3.8, 4) is 5.82 Å². The summed E-state index contributed by atoms with van der Waals surface area (Å²) in [6.07, 6.45) is 4.14. The van der Waals surface area contributed by atoms with E-state index in [4.69, 9.17) is 9.72 Å². The molecule has 5 heterocycles. The molecule has 6 rings (SSSR count). The van der Waals surface area contributed by atoms with Gasteiger partial charge in [-0.15, -0.1) is 6.58 Å². The molecular formula is C25H25N7O3. The predicted octanol–water partition coefficient (Wildman–Crippen LogP) is 1.77. The highest BCUT2D eigenvalue weighted by atomic mass is 16.5. The van der Waals surface area contributed by atoms with Crippen molar-refractivity contribution >= 4 is 22.7 Å². The summed E-state index contributed by atoms with van der Waals surface area (Å²) in [6.45, 7) is 6.24. The molecule has 10 heteroatoms. The van der Waals surface area contributed by atoms with E-state index in [-0.39, 0.29) is 25.3 Å². The number of aliphatic hydroxyl groups is 1. The number of allylic oxidation sites excluding steroid dienone is 1. The zero-order valence-electron chi connectivity index (χ0n) is 19.1. The molecule has 2 aliphatic rings. The average molecular weight is 472 g/mol. The third-order valence-corrected chi connectivity index (χ3v) is 6.44. The Morgan fingerprint density at radius 2 is 2.11 bits per heavy atom. The van der Waals surface area contributed by atoms with Crippen LogP contribution in [0.1, 0.15) is 16.8 Å². The Balaban J connectivity index is 1.44. The van der Waals surface area contributed by atoms with Gasteiger partial charge in [0.1, 0.15) is 5.39 Å². The van der Waals surface area contributed by atoms with E-state index in [1.54, 1.807) is 29.0 Å². The minimum absolute atomic E-state index is 0.183. The van der Waals surface area contributed by atoms with Crippen molar-refractivity contribution < 1.29 is 9.84 Å². The summed E-state index contributed by atoms with van der Waals surface area (Å²) in [7, 11) is 0. The van der Waals surface area contributed by atoms with Gasteiger partial charge in [0, 0.05) is 18.4 Å². The van der Waals surface area contributed by atoms with Gasteiger partial charge in [0.2, 0.25) is 5.95 Å². The van der Waals surface area contributed by atoms with Gasteiger partial charge < -0.3 is 20.5 Å². The van der Waals surface area contributed by atoms with Crippen LogP contribution in [0, 0.1) is 0 Å². The molecule has 3 N–H and O–H groups in total. The molecule has 0 amide bonds. The van der Waals surface area contributed by atoms with E-state index in [0.717, 1.165) is 25.2 Å². The molecule has 1 fully saturated rings. The largest absolute Gasteiger partial charge is 0.379 e. The smallest absolute Gasteiger partial charge is 0.278 e. The number of hydrogen-bond donors (Lipinski definition) is 3. The number of benzene rings is 1. The number of nitrogens with zero attached hydrogens (tertiary/aromatic N) is 5. The van der Waals surface area contributed by atoms with E-state index >= 15 is 0 Å². The van der Waals surface area contributed by atoms with Crippen molar-refractivity contribution in [3.63, 3.8) is 0 Å². The van der Waals surface area contributed by atoms with E-state index in [9.17, 15) is 9.90 Å². The predicted molar refractivity (Wildman–Crippen MR) is 131 cm³/mol. The number of aromatic nitrogens is 5. The molecular weight excluding hydrogens is 446 g/mol. The second-order valence-corrected chi connectivity index (χ2v) is 8.86. The molecule has 1 aromatic carbocycles. The first-order valence-corrected chi connectivity index (χ1v) is 11.5. The van der Waals surface area contributed by atoms with Crippen LogP contribution in [0.2, 0.25) is 0 Å². The van der Waals surface area contributed by atoms with E-state index in [1.165, 1.54) is 22.0 Å². The summed E-state index contributed by atoms with van der Waals surface area (Å²) in [5.41, 5.74) is 2.99. The molecule has 0 saturated carbocycles. The number of pyridine rings is 1. The summed E-state index contributed by atoms with van der Waals surface area (Å²) >= 11 is 0. The lowest BCUT2D eigenvalue weighted by Gasteiger charge is -2.35. The third kappa shape index (κ3) is 3.72. The molecule has 2 aliphatic heterocycles. The Hall–Kier alpha value is -3.86. The average Bonchev–Trinajstić information content (AvgIpc) is 3.13. The van der Waals surface area contributed by atoms with Gasteiger partial charge in [-0.3, -0.25) is 4.79 Å². The van der Waals surface area contributed by atoms with Crippen LogP contribution in [0.25, 0.3) is 16.9 Å². The molecule has 178 valence electrons. The first-order valence-electron chi connectivity index (χ1n) is 11.5. The summed E-state index contributed by atoms with van der Waals surface area (Å²) in [4.78, 5) is 26.9. The molecule has 0 radical (unpaired) electrons. The van der Waals surface area contributed by atoms with Crippen LogP contribution in [-0.2, 0) is 29.8 Å². The van der Waals surface area contributed by atoms with E-state index in [1.807, 2.05) is 6.07 Å². The number of nitrogens with one attached hydrogen (secondary N) is 2. The van der Waals surface area contributed by atoms with Crippen LogP contribution < -0.4 is 16.2 Å². The number of hydrogen-bond acceptors (Lipinski definition) is 8. The van der Waals surface area contributed by atoms with Gasteiger partial charge in [-0.2, -0.15) is 4.98 Å². The van der Waals surface area contributed by atoms with Crippen molar-refractivity contribution in [2.24, 2.45) is 0 Å². The molecule has 0 aliphatic carbocycles.